The van der Waals surface area contributed by atoms with Crippen LogP contribution in [-0.2, 0) is 9.53 Å². The Balaban J connectivity index is 3.97. The quantitative estimate of drug-likeness (QED) is 0.391. The van der Waals surface area contributed by atoms with Gasteiger partial charge in [0.1, 0.15) is 6.54 Å². The molecule has 0 aromatic heterocycles. The van der Waals surface area contributed by atoms with Crippen molar-refractivity contribution in [2.24, 2.45) is 4.99 Å². The first-order chi connectivity index (χ1) is 9.80. The van der Waals surface area contributed by atoms with Crippen LogP contribution in [0.2, 0.25) is 0 Å². The van der Waals surface area contributed by atoms with Gasteiger partial charge in [0.15, 0.2) is 5.96 Å². The number of nitrogens with one attached hydrogen (secondary N) is 2. The molecule has 0 bridgehead atoms. The van der Waals surface area contributed by atoms with E-state index in [4.69, 9.17) is 4.74 Å². The SMILES string of the molecule is CCOCCCNC(=NC)NCC(=O)N(C)CC(F)(F)F. The zero-order valence-electron chi connectivity index (χ0n) is 12.6. The van der Waals surface area contributed by atoms with E-state index < -0.39 is 18.6 Å². The third-order valence-corrected chi connectivity index (χ3v) is 2.43. The summed E-state index contributed by atoms with van der Waals surface area (Å²) < 4.78 is 41.6. The molecule has 0 saturated heterocycles. The lowest BCUT2D eigenvalue weighted by atomic mass is 10.4. The van der Waals surface area contributed by atoms with Crippen LogP contribution in [0.25, 0.3) is 0 Å². The zero-order valence-corrected chi connectivity index (χ0v) is 12.6. The lowest BCUT2D eigenvalue weighted by Gasteiger charge is -2.20. The van der Waals surface area contributed by atoms with Crippen molar-refractivity contribution in [1.29, 1.82) is 0 Å². The molecule has 0 saturated carbocycles. The lowest BCUT2D eigenvalue weighted by molar-refractivity contribution is -0.157. The number of carbonyl (C=O) groups is 1. The number of amides is 1. The van der Waals surface area contributed by atoms with Crippen LogP contribution in [0, 0.1) is 0 Å². The molecule has 0 unspecified atom stereocenters. The van der Waals surface area contributed by atoms with Gasteiger partial charge in [-0.2, -0.15) is 13.2 Å². The van der Waals surface area contributed by atoms with Gasteiger partial charge in [0.2, 0.25) is 5.91 Å². The minimum Gasteiger partial charge on any atom is -0.382 e. The van der Waals surface area contributed by atoms with Gasteiger partial charge in [-0.05, 0) is 13.3 Å². The van der Waals surface area contributed by atoms with Crippen molar-refractivity contribution in [3.63, 3.8) is 0 Å². The second kappa shape index (κ2) is 10.3. The number of ether oxygens (including phenoxy) is 1. The van der Waals surface area contributed by atoms with E-state index in [1.54, 1.807) is 0 Å². The molecule has 6 nitrogen and oxygen atoms in total. The van der Waals surface area contributed by atoms with Gasteiger partial charge in [0.25, 0.3) is 0 Å². The van der Waals surface area contributed by atoms with E-state index in [-0.39, 0.29) is 6.54 Å². The van der Waals surface area contributed by atoms with E-state index >= 15 is 0 Å². The lowest BCUT2D eigenvalue weighted by Crippen LogP contribution is -2.45. The molecule has 0 atom stereocenters. The van der Waals surface area contributed by atoms with Crippen molar-refractivity contribution in [2.45, 2.75) is 19.5 Å². The Hall–Kier alpha value is -1.51. The molecule has 0 aromatic rings. The van der Waals surface area contributed by atoms with Gasteiger partial charge < -0.3 is 20.3 Å². The summed E-state index contributed by atoms with van der Waals surface area (Å²) in [5.74, 6) is -0.301. The maximum absolute atomic E-state index is 12.1. The number of guanidine groups is 1. The normalized spacial score (nSPS) is 12.2. The molecule has 2 N–H and O–H groups in total. The minimum absolute atomic E-state index is 0.252. The molecule has 9 heteroatoms. The molecule has 0 aliphatic rings. The monoisotopic (exact) mass is 312 g/mol. The fourth-order valence-corrected chi connectivity index (χ4v) is 1.40. The highest BCUT2D eigenvalue weighted by Crippen LogP contribution is 2.15. The highest BCUT2D eigenvalue weighted by molar-refractivity contribution is 5.86. The number of carbonyl (C=O) groups excluding carboxylic acids is 1. The summed E-state index contributed by atoms with van der Waals surface area (Å²) in [5, 5.41) is 5.60. The van der Waals surface area contributed by atoms with Gasteiger partial charge >= 0.3 is 6.18 Å². The van der Waals surface area contributed by atoms with Crippen LogP contribution in [0.5, 0.6) is 0 Å². The van der Waals surface area contributed by atoms with Crippen LogP contribution in [0.3, 0.4) is 0 Å². The zero-order chi connectivity index (χ0) is 16.3. The fourth-order valence-electron chi connectivity index (χ4n) is 1.40. The first-order valence-corrected chi connectivity index (χ1v) is 6.63. The highest BCUT2D eigenvalue weighted by atomic mass is 19.4. The molecule has 0 spiro atoms. The summed E-state index contributed by atoms with van der Waals surface area (Å²) in [6, 6.07) is 0. The summed E-state index contributed by atoms with van der Waals surface area (Å²) in [6.45, 7) is 2.22. The number of rotatable bonds is 8. The Kier molecular flexibility index (Phi) is 9.51. The summed E-state index contributed by atoms with van der Waals surface area (Å²) in [7, 11) is 2.62. The molecule has 0 heterocycles. The molecule has 21 heavy (non-hydrogen) atoms. The number of alkyl halides is 3. The molecule has 124 valence electrons. The van der Waals surface area contributed by atoms with Gasteiger partial charge in [-0.25, -0.2) is 0 Å². The number of nitrogens with zero attached hydrogens (tertiary/aromatic N) is 2. The van der Waals surface area contributed by atoms with Crippen molar-refractivity contribution in [3.8, 4) is 0 Å². The second-order valence-corrected chi connectivity index (χ2v) is 4.27. The van der Waals surface area contributed by atoms with Crippen LogP contribution in [0.15, 0.2) is 4.99 Å². The maximum atomic E-state index is 12.1. The fraction of sp³-hybridized carbons (Fsp3) is 0.833. The minimum atomic E-state index is -4.40. The van der Waals surface area contributed by atoms with E-state index in [1.807, 2.05) is 6.92 Å². The van der Waals surface area contributed by atoms with E-state index in [0.29, 0.717) is 30.6 Å². The van der Waals surface area contributed by atoms with Crippen LogP contribution < -0.4 is 10.6 Å². The molecule has 0 radical (unpaired) electrons. The summed E-state index contributed by atoms with van der Waals surface area (Å²) >= 11 is 0. The number of halogens is 3. The first-order valence-electron chi connectivity index (χ1n) is 6.63. The summed E-state index contributed by atoms with van der Waals surface area (Å²) in [4.78, 5) is 16.0. The number of hydrogen-bond acceptors (Lipinski definition) is 3. The Morgan fingerprint density at radius 3 is 2.52 bits per heavy atom. The molecule has 0 fully saturated rings. The molecular formula is C12H23F3N4O2. The average molecular weight is 312 g/mol. The molecule has 1 amide bonds. The van der Waals surface area contributed by atoms with Crippen molar-refractivity contribution in [2.75, 3.05) is 46.9 Å². The van der Waals surface area contributed by atoms with Crippen LogP contribution in [-0.4, -0.2) is 69.9 Å². The largest absolute Gasteiger partial charge is 0.406 e. The Morgan fingerprint density at radius 1 is 1.33 bits per heavy atom. The van der Waals surface area contributed by atoms with E-state index in [0.717, 1.165) is 13.5 Å². The Labute approximate surface area is 122 Å². The predicted molar refractivity (Wildman–Crippen MR) is 74.2 cm³/mol. The maximum Gasteiger partial charge on any atom is 0.406 e. The van der Waals surface area contributed by atoms with E-state index in [2.05, 4.69) is 15.6 Å². The van der Waals surface area contributed by atoms with Crippen molar-refractivity contribution in [3.05, 3.63) is 0 Å². The predicted octanol–water partition coefficient (Wildman–Crippen LogP) is 0.599. The molecular weight excluding hydrogens is 289 g/mol. The number of hydrogen-bond donors (Lipinski definition) is 2. The van der Waals surface area contributed by atoms with Gasteiger partial charge in [0, 0.05) is 33.9 Å². The molecule has 0 aromatic carbocycles. The van der Waals surface area contributed by atoms with Crippen molar-refractivity contribution >= 4 is 11.9 Å². The smallest absolute Gasteiger partial charge is 0.382 e. The Morgan fingerprint density at radius 2 is 2.00 bits per heavy atom. The Bertz CT molecular complexity index is 335. The standard InChI is InChI=1S/C12H23F3N4O2/c1-4-21-7-5-6-17-11(16-2)18-8-10(20)19(3)9-12(13,14)15/h4-9H2,1-3H3,(H2,16,17,18). The average Bonchev–Trinajstić information content (AvgIpc) is 2.39. The third kappa shape index (κ3) is 10.9. The van der Waals surface area contributed by atoms with Crippen molar-refractivity contribution in [1.82, 2.24) is 15.5 Å². The topological polar surface area (TPSA) is 66.0 Å². The van der Waals surface area contributed by atoms with Gasteiger partial charge in [-0.15, -0.1) is 0 Å². The van der Waals surface area contributed by atoms with Crippen LogP contribution in [0.4, 0.5) is 13.2 Å². The highest BCUT2D eigenvalue weighted by Gasteiger charge is 2.31. The van der Waals surface area contributed by atoms with E-state index in [1.165, 1.54) is 7.05 Å². The van der Waals surface area contributed by atoms with Crippen LogP contribution in [0.1, 0.15) is 13.3 Å². The second-order valence-electron chi connectivity index (χ2n) is 4.27. The first kappa shape index (κ1) is 19.5. The summed E-state index contributed by atoms with van der Waals surface area (Å²) in [5.41, 5.74) is 0. The van der Waals surface area contributed by atoms with E-state index in [9.17, 15) is 18.0 Å². The molecule has 0 rings (SSSR count). The molecule has 0 aliphatic heterocycles. The van der Waals surface area contributed by atoms with Gasteiger partial charge in [-0.3, -0.25) is 9.79 Å². The third-order valence-electron chi connectivity index (χ3n) is 2.43. The number of likely N-dealkylation sites (N-methyl/N-ethyl adjacent to an activating group) is 1. The number of aliphatic imine (C=N–C) groups is 1. The summed E-state index contributed by atoms with van der Waals surface area (Å²) in [6.07, 6.45) is -3.64. The van der Waals surface area contributed by atoms with Crippen molar-refractivity contribution < 1.29 is 22.7 Å². The molecule has 0 aliphatic carbocycles. The van der Waals surface area contributed by atoms with Gasteiger partial charge in [0.05, 0.1) is 6.54 Å². The van der Waals surface area contributed by atoms with Gasteiger partial charge in [-0.1, -0.05) is 0 Å². The van der Waals surface area contributed by atoms with Crippen LogP contribution >= 0.6 is 0 Å².